The van der Waals surface area contributed by atoms with E-state index in [1.807, 2.05) is 11.0 Å². The van der Waals surface area contributed by atoms with Crippen molar-refractivity contribution in [2.24, 2.45) is 5.92 Å². The van der Waals surface area contributed by atoms with Gasteiger partial charge in [0.25, 0.3) is 11.8 Å². The van der Waals surface area contributed by atoms with Crippen LogP contribution in [0.1, 0.15) is 25.5 Å². The first-order chi connectivity index (χ1) is 16.5. The lowest BCUT2D eigenvalue weighted by molar-refractivity contribution is -0.134. The summed E-state index contributed by atoms with van der Waals surface area (Å²) in [5.74, 6) is -0.978. The van der Waals surface area contributed by atoms with Crippen molar-refractivity contribution in [1.82, 2.24) is 15.8 Å². The Balaban J connectivity index is 1.27. The maximum Gasteiger partial charge on any atom is 0.279 e. The van der Waals surface area contributed by atoms with E-state index in [-0.39, 0.29) is 29.2 Å². The van der Waals surface area contributed by atoms with Crippen LogP contribution in [0.25, 0.3) is 11.7 Å². The quantitative estimate of drug-likeness (QED) is 0.529. The van der Waals surface area contributed by atoms with Gasteiger partial charge in [0.15, 0.2) is 23.4 Å². The first-order valence-electron chi connectivity index (χ1n) is 10.7. The lowest BCUT2D eigenvalue weighted by atomic mass is 9.96. The predicted octanol–water partition coefficient (Wildman–Crippen LogP) is 2.78. The highest BCUT2D eigenvalue weighted by molar-refractivity contribution is 5.85. The van der Waals surface area contributed by atoms with Gasteiger partial charge in [0.2, 0.25) is 17.5 Å². The summed E-state index contributed by atoms with van der Waals surface area (Å²) in [6.45, 7) is 2.37. The first kappa shape index (κ1) is 22.8. The Morgan fingerprint density at radius 1 is 1.24 bits per heavy atom. The van der Waals surface area contributed by atoms with E-state index in [0.717, 1.165) is 0 Å². The van der Waals surface area contributed by atoms with Crippen LogP contribution < -0.4 is 20.5 Å². The van der Waals surface area contributed by atoms with Crippen molar-refractivity contribution >= 4 is 17.7 Å². The van der Waals surface area contributed by atoms with E-state index >= 15 is 0 Å². The zero-order valence-corrected chi connectivity index (χ0v) is 18.3. The minimum absolute atomic E-state index is 0.0526. The minimum atomic E-state index is -1.02. The largest absolute Gasteiger partial charge is 0.478 e. The minimum Gasteiger partial charge on any atom is -0.478 e. The molecule has 11 heteroatoms. The molecule has 176 valence electrons. The fourth-order valence-corrected chi connectivity index (χ4v) is 3.56. The number of nitrogens with zero attached hydrogens (tertiary/aromatic N) is 3. The number of benzene rings is 1. The van der Waals surface area contributed by atoms with Gasteiger partial charge in [-0.05, 0) is 44.0 Å². The molecule has 1 atom stereocenters. The fraction of sp³-hybridized carbons (Fsp3) is 0.304. The summed E-state index contributed by atoms with van der Waals surface area (Å²) in [6.07, 6.45) is 1.43. The molecule has 1 aliphatic rings. The summed E-state index contributed by atoms with van der Waals surface area (Å²) in [6, 6.07) is 11.1. The number of amides is 2. The van der Waals surface area contributed by atoms with Crippen LogP contribution in [-0.2, 0) is 9.59 Å². The standard InChI is InChI=1S/C23H22FN5O5/c1-14(33-18-6-3-2-5-16(18)24)20(30)27-28-21(31)15-8-10-29(11-9-15)23-17(13-25)26-22(34-23)19-7-4-12-32-19/h2-7,12,14-15H,8-11H2,1H3,(H,27,30)(H,28,31). The van der Waals surface area contributed by atoms with Crippen molar-refractivity contribution in [3.8, 4) is 23.5 Å². The zero-order chi connectivity index (χ0) is 24.1. The Morgan fingerprint density at radius 3 is 2.68 bits per heavy atom. The average molecular weight is 467 g/mol. The van der Waals surface area contributed by atoms with Gasteiger partial charge < -0.3 is 18.5 Å². The number of carbonyl (C=O) groups excluding carboxylic acids is 2. The topological polar surface area (TPSA) is 134 Å². The van der Waals surface area contributed by atoms with Gasteiger partial charge in [0, 0.05) is 19.0 Å². The molecule has 2 amide bonds. The van der Waals surface area contributed by atoms with Crippen molar-refractivity contribution in [3.05, 3.63) is 54.2 Å². The summed E-state index contributed by atoms with van der Waals surface area (Å²) in [4.78, 5) is 30.8. The number of nitrogens with one attached hydrogen (secondary N) is 2. The predicted molar refractivity (Wildman–Crippen MR) is 117 cm³/mol. The van der Waals surface area contributed by atoms with E-state index in [2.05, 4.69) is 15.8 Å². The maximum atomic E-state index is 13.7. The Bertz CT molecular complexity index is 1190. The number of halogens is 1. The van der Waals surface area contributed by atoms with E-state index in [4.69, 9.17) is 13.6 Å². The molecule has 3 heterocycles. The second-order valence-electron chi connectivity index (χ2n) is 7.69. The first-order valence-corrected chi connectivity index (χ1v) is 10.7. The van der Waals surface area contributed by atoms with E-state index in [0.29, 0.717) is 37.6 Å². The van der Waals surface area contributed by atoms with Crippen molar-refractivity contribution in [1.29, 1.82) is 5.26 Å². The average Bonchev–Trinajstić information content (AvgIpc) is 3.54. The summed E-state index contributed by atoms with van der Waals surface area (Å²) in [7, 11) is 0. The number of aromatic nitrogens is 1. The van der Waals surface area contributed by atoms with Crippen LogP contribution in [0.5, 0.6) is 5.75 Å². The molecular formula is C23H22FN5O5. The second-order valence-corrected chi connectivity index (χ2v) is 7.69. The third kappa shape index (κ3) is 5.01. The van der Waals surface area contributed by atoms with Crippen molar-refractivity contribution < 1.29 is 27.6 Å². The zero-order valence-electron chi connectivity index (χ0n) is 18.3. The Morgan fingerprint density at radius 2 is 2.00 bits per heavy atom. The number of carbonyl (C=O) groups is 2. The van der Waals surface area contributed by atoms with Crippen LogP contribution in [0.3, 0.4) is 0 Å². The number of rotatable bonds is 6. The molecule has 2 aromatic heterocycles. The third-order valence-electron chi connectivity index (χ3n) is 5.42. The molecule has 1 unspecified atom stereocenters. The molecule has 4 rings (SSSR count). The normalized spacial score (nSPS) is 14.8. The highest BCUT2D eigenvalue weighted by Crippen LogP contribution is 2.31. The van der Waals surface area contributed by atoms with Crippen LogP contribution in [-0.4, -0.2) is 36.0 Å². The highest BCUT2D eigenvalue weighted by atomic mass is 19.1. The molecule has 0 radical (unpaired) electrons. The van der Waals surface area contributed by atoms with Gasteiger partial charge in [0.1, 0.15) is 6.07 Å². The number of hydrazine groups is 1. The Labute approximate surface area is 194 Å². The Kier molecular flexibility index (Phi) is 6.77. The molecule has 1 saturated heterocycles. The maximum absolute atomic E-state index is 13.7. The summed E-state index contributed by atoms with van der Waals surface area (Å²) in [5.41, 5.74) is 4.86. The third-order valence-corrected chi connectivity index (χ3v) is 5.42. The molecule has 0 spiro atoms. The monoisotopic (exact) mass is 467 g/mol. The molecule has 3 aromatic rings. The molecule has 1 fully saturated rings. The SMILES string of the molecule is CC(Oc1ccccc1F)C(=O)NNC(=O)C1CCN(c2oc(-c3ccco3)nc2C#N)CC1. The van der Waals surface area contributed by atoms with Crippen LogP contribution in [0.4, 0.5) is 10.3 Å². The Hall–Kier alpha value is -4.33. The number of ether oxygens (including phenoxy) is 1. The van der Waals surface area contributed by atoms with Crippen LogP contribution in [0.15, 0.2) is 51.5 Å². The number of hydrogen-bond acceptors (Lipinski definition) is 8. The van der Waals surface area contributed by atoms with E-state index in [1.54, 1.807) is 18.2 Å². The molecule has 10 nitrogen and oxygen atoms in total. The number of para-hydroxylation sites is 1. The van der Waals surface area contributed by atoms with Gasteiger partial charge in [-0.1, -0.05) is 12.1 Å². The van der Waals surface area contributed by atoms with Crippen molar-refractivity contribution in [2.45, 2.75) is 25.9 Å². The number of hydrogen-bond donors (Lipinski definition) is 2. The van der Waals surface area contributed by atoms with Gasteiger partial charge in [-0.15, -0.1) is 0 Å². The molecule has 1 aromatic carbocycles. The molecular weight excluding hydrogens is 445 g/mol. The number of furan rings is 1. The van der Waals surface area contributed by atoms with Crippen LogP contribution in [0, 0.1) is 23.1 Å². The summed E-state index contributed by atoms with van der Waals surface area (Å²) < 4.78 is 30.0. The number of piperidine rings is 1. The van der Waals surface area contributed by atoms with Crippen LogP contribution in [0.2, 0.25) is 0 Å². The van der Waals surface area contributed by atoms with Gasteiger partial charge in [-0.2, -0.15) is 10.2 Å². The number of oxazole rings is 1. The second kappa shape index (κ2) is 10.1. The van der Waals surface area contributed by atoms with E-state index in [9.17, 15) is 19.2 Å². The van der Waals surface area contributed by atoms with Gasteiger partial charge in [-0.3, -0.25) is 20.4 Å². The lowest BCUT2D eigenvalue weighted by Crippen LogP contribution is -2.50. The van der Waals surface area contributed by atoms with Crippen LogP contribution >= 0.6 is 0 Å². The van der Waals surface area contributed by atoms with Crippen molar-refractivity contribution in [3.63, 3.8) is 0 Å². The fourth-order valence-electron chi connectivity index (χ4n) is 3.56. The molecule has 2 N–H and O–H groups in total. The molecule has 34 heavy (non-hydrogen) atoms. The van der Waals surface area contributed by atoms with Gasteiger partial charge in [0.05, 0.1) is 6.26 Å². The van der Waals surface area contributed by atoms with Gasteiger partial charge >= 0.3 is 0 Å². The molecule has 1 aliphatic heterocycles. The molecule has 0 aliphatic carbocycles. The molecule has 0 bridgehead atoms. The number of anilines is 1. The molecule has 0 saturated carbocycles. The summed E-state index contributed by atoms with van der Waals surface area (Å²) in [5, 5.41) is 9.41. The summed E-state index contributed by atoms with van der Waals surface area (Å²) >= 11 is 0. The van der Waals surface area contributed by atoms with Crippen molar-refractivity contribution in [2.75, 3.05) is 18.0 Å². The van der Waals surface area contributed by atoms with E-state index in [1.165, 1.54) is 31.4 Å². The smallest absolute Gasteiger partial charge is 0.279 e. The number of nitriles is 1. The lowest BCUT2D eigenvalue weighted by Gasteiger charge is -2.31. The van der Waals surface area contributed by atoms with E-state index < -0.39 is 17.8 Å². The van der Waals surface area contributed by atoms with Gasteiger partial charge in [-0.25, -0.2) is 4.39 Å². The highest BCUT2D eigenvalue weighted by Gasteiger charge is 2.30.